The van der Waals surface area contributed by atoms with Crippen LogP contribution in [0.3, 0.4) is 0 Å². The van der Waals surface area contributed by atoms with Crippen molar-refractivity contribution in [2.45, 2.75) is 57.2 Å². The van der Waals surface area contributed by atoms with Gasteiger partial charge in [0.1, 0.15) is 18.2 Å². The van der Waals surface area contributed by atoms with Crippen molar-refractivity contribution in [1.82, 2.24) is 25.0 Å². The van der Waals surface area contributed by atoms with Crippen molar-refractivity contribution in [3.63, 3.8) is 0 Å². The van der Waals surface area contributed by atoms with E-state index in [1.807, 2.05) is 11.6 Å². The SMILES string of the molecule is C[C@@](C#N)(NC(=O)CN1CCCC[C@@H]1Cn1cncn1)C1CC1. The Balaban J connectivity index is 1.58. The molecule has 1 aliphatic carbocycles. The summed E-state index contributed by atoms with van der Waals surface area (Å²) in [5.41, 5.74) is -0.714. The molecule has 0 bridgehead atoms. The summed E-state index contributed by atoms with van der Waals surface area (Å²) >= 11 is 0. The predicted molar refractivity (Wildman–Crippen MR) is 84.1 cm³/mol. The van der Waals surface area contributed by atoms with Crippen LogP contribution in [0.4, 0.5) is 0 Å². The van der Waals surface area contributed by atoms with Gasteiger partial charge in [0.25, 0.3) is 0 Å². The zero-order chi connectivity index (χ0) is 16.3. The standard InChI is InChI=1S/C16H24N6O/c1-16(10-17,13-5-6-13)20-15(23)9-21-7-3-2-4-14(21)8-22-12-18-11-19-22/h11-14H,2-9H2,1H3,(H,20,23)/t14-,16+/m1/s1. The van der Waals surface area contributed by atoms with Gasteiger partial charge in [-0.3, -0.25) is 14.4 Å². The molecule has 1 N–H and O–H groups in total. The monoisotopic (exact) mass is 316 g/mol. The van der Waals surface area contributed by atoms with E-state index >= 15 is 0 Å². The summed E-state index contributed by atoms with van der Waals surface area (Å²) in [4.78, 5) is 18.6. The molecule has 1 aromatic rings. The summed E-state index contributed by atoms with van der Waals surface area (Å²) in [5, 5.41) is 16.5. The summed E-state index contributed by atoms with van der Waals surface area (Å²) in [6.45, 7) is 3.86. The van der Waals surface area contributed by atoms with E-state index in [4.69, 9.17) is 0 Å². The Morgan fingerprint density at radius 2 is 2.26 bits per heavy atom. The molecule has 1 saturated heterocycles. The molecular weight excluding hydrogens is 292 g/mol. The van der Waals surface area contributed by atoms with Crippen molar-refractivity contribution in [3.05, 3.63) is 12.7 Å². The van der Waals surface area contributed by atoms with Gasteiger partial charge in [-0.25, -0.2) is 4.98 Å². The van der Waals surface area contributed by atoms with Gasteiger partial charge in [0, 0.05) is 6.04 Å². The van der Waals surface area contributed by atoms with Gasteiger partial charge in [0.05, 0.1) is 19.2 Å². The largest absolute Gasteiger partial charge is 0.337 e. The maximum atomic E-state index is 12.4. The van der Waals surface area contributed by atoms with Gasteiger partial charge in [-0.2, -0.15) is 10.4 Å². The van der Waals surface area contributed by atoms with Crippen LogP contribution < -0.4 is 5.32 Å². The minimum Gasteiger partial charge on any atom is -0.337 e. The Hall–Kier alpha value is -1.94. The highest BCUT2D eigenvalue weighted by atomic mass is 16.2. The van der Waals surface area contributed by atoms with Crippen LogP contribution in [0.1, 0.15) is 39.0 Å². The number of nitrogens with one attached hydrogen (secondary N) is 1. The third-order valence-electron chi connectivity index (χ3n) is 4.99. The molecule has 7 nitrogen and oxygen atoms in total. The molecule has 2 fully saturated rings. The molecule has 0 spiro atoms. The van der Waals surface area contributed by atoms with Gasteiger partial charge in [-0.1, -0.05) is 6.42 Å². The summed E-state index contributed by atoms with van der Waals surface area (Å²) < 4.78 is 1.82. The minimum absolute atomic E-state index is 0.0496. The van der Waals surface area contributed by atoms with E-state index in [0.717, 1.165) is 38.8 Å². The Bertz CT molecular complexity index is 576. The number of carbonyl (C=O) groups is 1. The van der Waals surface area contributed by atoms with Crippen molar-refractivity contribution in [2.24, 2.45) is 5.92 Å². The quantitative estimate of drug-likeness (QED) is 0.844. The number of piperidine rings is 1. The second-order valence-corrected chi connectivity index (χ2v) is 6.87. The van der Waals surface area contributed by atoms with Gasteiger partial charge >= 0.3 is 0 Å². The lowest BCUT2D eigenvalue weighted by molar-refractivity contribution is -0.124. The number of rotatable bonds is 6. The first-order valence-electron chi connectivity index (χ1n) is 8.39. The molecule has 3 rings (SSSR count). The number of likely N-dealkylation sites (tertiary alicyclic amines) is 1. The third kappa shape index (κ3) is 3.88. The number of nitrogens with zero attached hydrogens (tertiary/aromatic N) is 5. The number of hydrogen-bond donors (Lipinski definition) is 1. The Morgan fingerprint density at radius 3 is 2.91 bits per heavy atom. The molecule has 1 aliphatic heterocycles. The van der Waals surface area contributed by atoms with Crippen molar-refractivity contribution in [1.29, 1.82) is 5.26 Å². The van der Waals surface area contributed by atoms with Crippen molar-refractivity contribution >= 4 is 5.91 Å². The second-order valence-electron chi connectivity index (χ2n) is 6.87. The van der Waals surface area contributed by atoms with Crippen LogP contribution in [0.5, 0.6) is 0 Å². The number of hydrogen-bond acceptors (Lipinski definition) is 5. The van der Waals surface area contributed by atoms with Crippen LogP contribution in [-0.4, -0.2) is 50.2 Å². The van der Waals surface area contributed by atoms with Crippen molar-refractivity contribution in [2.75, 3.05) is 13.1 Å². The zero-order valence-corrected chi connectivity index (χ0v) is 13.6. The topological polar surface area (TPSA) is 86.8 Å². The van der Waals surface area contributed by atoms with Gasteiger partial charge in [-0.15, -0.1) is 0 Å². The highest BCUT2D eigenvalue weighted by Gasteiger charge is 2.43. The van der Waals surface area contributed by atoms with E-state index in [1.165, 1.54) is 12.7 Å². The van der Waals surface area contributed by atoms with Crippen molar-refractivity contribution < 1.29 is 4.79 Å². The molecule has 1 saturated carbocycles. The molecule has 2 aliphatic rings. The Morgan fingerprint density at radius 1 is 1.43 bits per heavy atom. The summed E-state index contributed by atoms with van der Waals surface area (Å²) in [6.07, 6.45) is 8.66. The third-order valence-corrected chi connectivity index (χ3v) is 4.99. The first kappa shape index (κ1) is 15.9. The number of amides is 1. The van der Waals surface area contributed by atoms with Crippen LogP contribution in [0.25, 0.3) is 0 Å². The van der Waals surface area contributed by atoms with Crippen LogP contribution in [-0.2, 0) is 11.3 Å². The van der Waals surface area contributed by atoms with Crippen LogP contribution in [0, 0.1) is 17.2 Å². The molecular formula is C16H24N6O. The van der Waals surface area contributed by atoms with E-state index in [9.17, 15) is 10.1 Å². The molecule has 1 amide bonds. The fourth-order valence-corrected chi connectivity index (χ4v) is 3.41. The molecule has 0 aromatic carbocycles. The van der Waals surface area contributed by atoms with Gasteiger partial charge in [0.15, 0.2) is 0 Å². The van der Waals surface area contributed by atoms with Gasteiger partial charge in [0.2, 0.25) is 5.91 Å². The molecule has 7 heteroatoms. The van der Waals surface area contributed by atoms with E-state index in [2.05, 4.69) is 26.4 Å². The van der Waals surface area contributed by atoms with Crippen LogP contribution in [0.15, 0.2) is 12.7 Å². The second kappa shape index (κ2) is 6.67. The maximum Gasteiger partial charge on any atom is 0.235 e. The van der Waals surface area contributed by atoms with E-state index in [1.54, 1.807) is 6.33 Å². The molecule has 2 atom stereocenters. The Kier molecular flexibility index (Phi) is 4.62. The lowest BCUT2D eigenvalue weighted by atomic mass is 9.97. The maximum absolute atomic E-state index is 12.4. The van der Waals surface area contributed by atoms with Gasteiger partial charge < -0.3 is 5.32 Å². The average Bonchev–Trinajstić information content (AvgIpc) is 3.28. The highest BCUT2D eigenvalue weighted by Crippen LogP contribution is 2.39. The molecule has 23 heavy (non-hydrogen) atoms. The molecule has 0 radical (unpaired) electrons. The lowest BCUT2D eigenvalue weighted by Gasteiger charge is -2.35. The molecule has 124 valence electrons. The number of carbonyl (C=O) groups excluding carboxylic acids is 1. The Labute approximate surface area is 136 Å². The average molecular weight is 316 g/mol. The van der Waals surface area contributed by atoms with Crippen LogP contribution in [0.2, 0.25) is 0 Å². The number of aromatic nitrogens is 3. The molecule has 2 heterocycles. The summed E-state index contributed by atoms with van der Waals surface area (Å²) in [6, 6.07) is 2.58. The van der Waals surface area contributed by atoms with E-state index in [0.29, 0.717) is 18.5 Å². The first-order chi connectivity index (χ1) is 11.1. The predicted octanol–water partition coefficient (Wildman–Crippen LogP) is 0.941. The number of nitriles is 1. The van der Waals surface area contributed by atoms with E-state index in [-0.39, 0.29) is 5.91 Å². The lowest BCUT2D eigenvalue weighted by Crippen LogP contribution is -2.53. The fraction of sp³-hybridized carbons (Fsp3) is 0.750. The molecule has 1 aromatic heterocycles. The smallest absolute Gasteiger partial charge is 0.235 e. The summed E-state index contributed by atoms with van der Waals surface area (Å²) in [7, 11) is 0. The molecule has 0 unspecified atom stereocenters. The van der Waals surface area contributed by atoms with Gasteiger partial charge in [-0.05, 0) is 45.1 Å². The minimum atomic E-state index is -0.714. The fourth-order valence-electron chi connectivity index (χ4n) is 3.41. The normalized spacial score (nSPS) is 24.6. The van der Waals surface area contributed by atoms with E-state index < -0.39 is 5.54 Å². The highest BCUT2D eigenvalue weighted by molar-refractivity contribution is 5.79. The zero-order valence-electron chi connectivity index (χ0n) is 13.6. The van der Waals surface area contributed by atoms with Crippen LogP contribution >= 0.6 is 0 Å². The first-order valence-corrected chi connectivity index (χ1v) is 8.39. The van der Waals surface area contributed by atoms with Crippen molar-refractivity contribution in [3.8, 4) is 6.07 Å². The summed E-state index contributed by atoms with van der Waals surface area (Å²) in [5.74, 6) is 0.259.